The van der Waals surface area contributed by atoms with Crippen molar-refractivity contribution in [2.75, 3.05) is 0 Å². The molecule has 0 aliphatic rings. The van der Waals surface area contributed by atoms with Crippen LogP contribution in [0, 0.1) is 10.1 Å². The first-order valence-corrected chi connectivity index (χ1v) is 7.87. The molecule has 1 heterocycles. The van der Waals surface area contributed by atoms with Gasteiger partial charge in [-0.1, -0.05) is 30.3 Å². The van der Waals surface area contributed by atoms with Crippen molar-refractivity contribution in [2.24, 2.45) is 5.10 Å². The van der Waals surface area contributed by atoms with Gasteiger partial charge < -0.3 is 4.57 Å². The average molecular weight is 348 g/mol. The van der Waals surface area contributed by atoms with E-state index in [1.807, 2.05) is 35.0 Å². The Hall–Kier alpha value is -3.74. The van der Waals surface area contributed by atoms with Crippen LogP contribution < -0.4 is 5.43 Å². The third-order valence-corrected chi connectivity index (χ3v) is 3.83. The van der Waals surface area contributed by atoms with Gasteiger partial charge in [-0.15, -0.1) is 6.58 Å². The highest BCUT2D eigenvalue weighted by atomic mass is 16.6. The highest BCUT2D eigenvalue weighted by Gasteiger charge is 2.11. The van der Waals surface area contributed by atoms with Crippen LogP contribution in [0.3, 0.4) is 0 Å². The van der Waals surface area contributed by atoms with Gasteiger partial charge in [-0.05, 0) is 12.1 Å². The number of hydrogen-bond acceptors (Lipinski definition) is 4. The number of non-ortho nitro benzene ring substituents is 1. The van der Waals surface area contributed by atoms with Gasteiger partial charge in [0.1, 0.15) is 0 Å². The van der Waals surface area contributed by atoms with E-state index in [-0.39, 0.29) is 11.3 Å². The fourth-order valence-corrected chi connectivity index (χ4v) is 2.65. The fourth-order valence-electron chi connectivity index (χ4n) is 2.65. The second-order valence-electron chi connectivity index (χ2n) is 5.55. The number of hydrogen-bond donors (Lipinski definition) is 1. The fraction of sp³-hybridized carbons (Fsp3) is 0.0526. The van der Waals surface area contributed by atoms with Crippen molar-refractivity contribution in [1.82, 2.24) is 9.99 Å². The molecule has 0 radical (unpaired) electrons. The van der Waals surface area contributed by atoms with Crippen molar-refractivity contribution in [2.45, 2.75) is 6.54 Å². The first kappa shape index (κ1) is 17.1. The van der Waals surface area contributed by atoms with Gasteiger partial charge >= 0.3 is 0 Å². The van der Waals surface area contributed by atoms with E-state index in [1.54, 1.807) is 12.3 Å². The van der Waals surface area contributed by atoms with Gasteiger partial charge in [-0.25, -0.2) is 5.43 Å². The second-order valence-corrected chi connectivity index (χ2v) is 5.55. The number of rotatable bonds is 6. The van der Waals surface area contributed by atoms with Gasteiger partial charge in [-0.3, -0.25) is 14.9 Å². The summed E-state index contributed by atoms with van der Waals surface area (Å²) in [6, 6.07) is 13.3. The molecule has 0 fully saturated rings. The number of carbonyl (C=O) groups excluding carboxylic acids is 1. The van der Waals surface area contributed by atoms with Gasteiger partial charge in [0, 0.05) is 46.9 Å². The van der Waals surface area contributed by atoms with E-state index in [9.17, 15) is 14.9 Å². The molecule has 7 heteroatoms. The lowest BCUT2D eigenvalue weighted by Gasteiger charge is -1.99. The number of nitro groups is 1. The number of allylic oxidation sites excluding steroid dienone is 1. The van der Waals surface area contributed by atoms with Crippen LogP contribution in [0.25, 0.3) is 10.9 Å². The lowest BCUT2D eigenvalue weighted by atomic mass is 10.2. The third-order valence-electron chi connectivity index (χ3n) is 3.83. The highest BCUT2D eigenvalue weighted by molar-refractivity contribution is 6.00. The van der Waals surface area contributed by atoms with Crippen molar-refractivity contribution in [1.29, 1.82) is 0 Å². The summed E-state index contributed by atoms with van der Waals surface area (Å²) in [5.74, 6) is -0.514. The van der Waals surface area contributed by atoms with E-state index in [1.165, 1.54) is 24.3 Å². The molecule has 1 N–H and O–H groups in total. The number of nitro benzene ring substituents is 1. The van der Waals surface area contributed by atoms with E-state index < -0.39 is 10.8 Å². The van der Waals surface area contributed by atoms with Crippen LogP contribution >= 0.6 is 0 Å². The van der Waals surface area contributed by atoms with Crippen LogP contribution in [0.4, 0.5) is 5.69 Å². The van der Waals surface area contributed by atoms with Crippen LogP contribution in [0.1, 0.15) is 15.9 Å². The Kier molecular flexibility index (Phi) is 4.89. The minimum Gasteiger partial charge on any atom is -0.343 e. The lowest BCUT2D eigenvalue weighted by Crippen LogP contribution is -2.17. The van der Waals surface area contributed by atoms with E-state index in [4.69, 9.17) is 0 Å². The van der Waals surface area contributed by atoms with Gasteiger partial charge in [0.25, 0.3) is 11.6 Å². The van der Waals surface area contributed by atoms with Gasteiger partial charge in [0.2, 0.25) is 0 Å². The van der Waals surface area contributed by atoms with Crippen LogP contribution in [-0.4, -0.2) is 21.6 Å². The number of nitrogens with zero attached hydrogens (tertiary/aromatic N) is 3. The van der Waals surface area contributed by atoms with E-state index >= 15 is 0 Å². The summed E-state index contributed by atoms with van der Waals surface area (Å²) in [4.78, 5) is 22.4. The van der Waals surface area contributed by atoms with E-state index in [2.05, 4.69) is 17.1 Å². The SMILES string of the molecule is C=CCn1cc(/C=N\NC(=O)c2cccc([N+](=O)[O-])c2)c2ccccc21. The Balaban J connectivity index is 1.79. The van der Waals surface area contributed by atoms with Crippen molar-refractivity contribution >= 4 is 28.7 Å². The normalized spacial score (nSPS) is 10.9. The van der Waals surface area contributed by atoms with Crippen LogP contribution in [0.15, 0.2) is 72.5 Å². The Bertz CT molecular complexity index is 1020. The maximum absolute atomic E-state index is 12.1. The molecule has 3 aromatic rings. The molecule has 1 amide bonds. The Morgan fingerprint density at radius 2 is 2.08 bits per heavy atom. The number of aromatic nitrogens is 1. The zero-order chi connectivity index (χ0) is 18.5. The maximum atomic E-state index is 12.1. The minimum absolute atomic E-state index is 0.144. The van der Waals surface area contributed by atoms with Crippen LogP contribution in [-0.2, 0) is 6.54 Å². The Morgan fingerprint density at radius 1 is 1.27 bits per heavy atom. The molecule has 0 saturated heterocycles. The molecule has 0 unspecified atom stereocenters. The molecular formula is C19H16N4O3. The Labute approximate surface area is 149 Å². The molecule has 0 saturated carbocycles. The molecule has 7 nitrogen and oxygen atoms in total. The van der Waals surface area contributed by atoms with Gasteiger partial charge in [0.05, 0.1) is 11.1 Å². The van der Waals surface area contributed by atoms with E-state index in [0.29, 0.717) is 6.54 Å². The summed E-state index contributed by atoms with van der Waals surface area (Å²) in [5, 5.41) is 15.8. The van der Waals surface area contributed by atoms with Gasteiger partial charge in [0.15, 0.2) is 0 Å². The molecule has 0 aliphatic carbocycles. The van der Waals surface area contributed by atoms with Crippen molar-refractivity contribution in [3.63, 3.8) is 0 Å². The molecule has 0 bridgehead atoms. The number of hydrazone groups is 1. The average Bonchev–Trinajstić information content (AvgIpc) is 3.00. The maximum Gasteiger partial charge on any atom is 0.271 e. The predicted octanol–water partition coefficient (Wildman–Crippen LogP) is 3.50. The summed E-state index contributed by atoms with van der Waals surface area (Å²) < 4.78 is 2.03. The number of benzene rings is 2. The zero-order valence-electron chi connectivity index (χ0n) is 13.8. The first-order chi connectivity index (χ1) is 12.6. The number of amides is 1. The molecule has 26 heavy (non-hydrogen) atoms. The van der Waals surface area contributed by atoms with Crippen LogP contribution in [0.5, 0.6) is 0 Å². The van der Waals surface area contributed by atoms with Crippen LogP contribution in [0.2, 0.25) is 0 Å². The first-order valence-electron chi connectivity index (χ1n) is 7.87. The number of nitrogens with one attached hydrogen (secondary N) is 1. The molecule has 0 atom stereocenters. The summed E-state index contributed by atoms with van der Waals surface area (Å²) in [5.41, 5.74) is 4.31. The topological polar surface area (TPSA) is 89.5 Å². The highest BCUT2D eigenvalue weighted by Crippen LogP contribution is 2.20. The molecule has 0 spiro atoms. The molecule has 1 aromatic heterocycles. The smallest absolute Gasteiger partial charge is 0.271 e. The quantitative estimate of drug-likeness (QED) is 0.320. The number of para-hydroxylation sites is 1. The number of carbonyl (C=O) groups is 1. The third kappa shape index (κ3) is 3.51. The molecular weight excluding hydrogens is 332 g/mol. The number of fused-ring (bicyclic) bond motifs is 1. The summed E-state index contributed by atoms with van der Waals surface area (Å²) >= 11 is 0. The molecule has 3 rings (SSSR count). The predicted molar refractivity (Wildman–Crippen MR) is 100 cm³/mol. The van der Waals surface area contributed by atoms with Gasteiger partial charge in [-0.2, -0.15) is 5.10 Å². The Morgan fingerprint density at radius 3 is 2.85 bits per heavy atom. The minimum atomic E-state index is -0.547. The monoisotopic (exact) mass is 348 g/mol. The largest absolute Gasteiger partial charge is 0.343 e. The molecule has 2 aromatic carbocycles. The summed E-state index contributed by atoms with van der Waals surface area (Å²) in [6.07, 6.45) is 5.28. The van der Waals surface area contributed by atoms with Crippen molar-refractivity contribution in [3.05, 3.63) is 88.6 Å². The summed E-state index contributed by atoms with van der Waals surface area (Å²) in [7, 11) is 0. The zero-order valence-corrected chi connectivity index (χ0v) is 13.8. The van der Waals surface area contributed by atoms with E-state index in [0.717, 1.165) is 16.5 Å². The standard InChI is InChI=1S/C19H16N4O3/c1-2-10-22-13-15(17-8-3-4-9-18(17)22)12-20-21-19(24)14-6-5-7-16(11-14)23(25)26/h2-9,11-13H,1,10H2,(H,21,24)/b20-12-. The lowest BCUT2D eigenvalue weighted by molar-refractivity contribution is -0.384. The second kappa shape index (κ2) is 7.43. The summed E-state index contributed by atoms with van der Waals surface area (Å²) in [6.45, 7) is 4.41. The van der Waals surface area contributed by atoms with Crippen molar-refractivity contribution < 1.29 is 9.72 Å². The molecule has 130 valence electrons. The van der Waals surface area contributed by atoms with Crippen molar-refractivity contribution in [3.8, 4) is 0 Å². The molecule has 0 aliphatic heterocycles.